The number of para-hydroxylation sites is 1. The minimum atomic E-state index is -0.831. The van der Waals surface area contributed by atoms with Crippen LogP contribution in [-0.4, -0.2) is 33.4 Å². The number of aromatic nitrogens is 3. The first kappa shape index (κ1) is 25.1. The van der Waals surface area contributed by atoms with Gasteiger partial charge < -0.3 is 5.32 Å². The Morgan fingerprint density at radius 2 is 1.67 bits per heavy atom. The Bertz CT molecular complexity index is 1350. The highest BCUT2D eigenvalue weighted by molar-refractivity contribution is 6.01. The Morgan fingerprint density at radius 1 is 0.944 bits per heavy atom. The van der Waals surface area contributed by atoms with Gasteiger partial charge in [-0.3, -0.25) is 14.5 Å². The summed E-state index contributed by atoms with van der Waals surface area (Å²) in [5, 5.41) is 11.5. The van der Waals surface area contributed by atoms with Crippen molar-refractivity contribution in [1.29, 1.82) is 0 Å². The molecule has 0 spiro atoms. The van der Waals surface area contributed by atoms with Crippen molar-refractivity contribution in [3.05, 3.63) is 89.5 Å². The summed E-state index contributed by atoms with van der Waals surface area (Å²) in [5.74, 6) is -0.00259. The normalized spacial score (nSPS) is 12.0. The lowest BCUT2D eigenvalue weighted by molar-refractivity contribution is -0.127. The van der Waals surface area contributed by atoms with Crippen LogP contribution >= 0.6 is 0 Å². The first-order valence-corrected chi connectivity index (χ1v) is 12.4. The number of carbonyl (C=O) groups excluding carboxylic acids is 2. The first-order valence-electron chi connectivity index (χ1n) is 12.4. The minimum Gasteiger partial charge on any atom is -0.354 e. The highest BCUT2D eigenvalue weighted by atomic mass is 16.2. The van der Waals surface area contributed by atoms with E-state index in [0.717, 1.165) is 28.6 Å². The zero-order chi connectivity index (χ0) is 25.7. The molecule has 0 saturated carbocycles. The molecule has 186 valence electrons. The number of rotatable bonds is 9. The van der Waals surface area contributed by atoms with Crippen molar-refractivity contribution in [3.8, 4) is 0 Å². The molecule has 36 heavy (non-hydrogen) atoms. The summed E-state index contributed by atoms with van der Waals surface area (Å²) in [5.41, 5.74) is 5.06. The van der Waals surface area contributed by atoms with Crippen LogP contribution in [0.3, 0.4) is 0 Å². The summed E-state index contributed by atoms with van der Waals surface area (Å²) < 4.78 is 1.59. The van der Waals surface area contributed by atoms with E-state index in [2.05, 4.69) is 29.5 Å². The van der Waals surface area contributed by atoms with Gasteiger partial charge in [-0.2, -0.15) is 0 Å². The van der Waals surface area contributed by atoms with Gasteiger partial charge in [-0.25, -0.2) is 4.68 Å². The summed E-state index contributed by atoms with van der Waals surface area (Å²) >= 11 is 0. The van der Waals surface area contributed by atoms with Crippen molar-refractivity contribution in [1.82, 2.24) is 20.3 Å². The van der Waals surface area contributed by atoms with Gasteiger partial charge in [-0.15, -0.1) is 5.10 Å². The van der Waals surface area contributed by atoms with Crippen molar-refractivity contribution in [2.24, 2.45) is 5.92 Å². The molecule has 3 aromatic carbocycles. The van der Waals surface area contributed by atoms with Crippen LogP contribution in [0.15, 0.2) is 72.8 Å². The molecule has 1 N–H and O–H groups in total. The molecule has 7 nitrogen and oxygen atoms in total. The Kier molecular flexibility index (Phi) is 7.78. The lowest BCUT2D eigenvalue weighted by atomic mass is 10.0. The lowest BCUT2D eigenvalue weighted by Gasteiger charge is -2.32. The summed E-state index contributed by atoms with van der Waals surface area (Å²) in [4.78, 5) is 29.3. The van der Waals surface area contributed by atoms with E-state index >= 15 is 0 Å². The molecule has 7 heteroatoms. The number of nitrogens with zero attached hydrogens (tertiary/aromatic N) is 4. The zero-order valence-electron chi connectivity index (χ0n) is 21.3. The van der Waals surface area contributed by atoms with Crippen LogP contribution in [-0.2, 0) is 16.1 Å². The molecule has 0 saturated heterocycles. The Morgan fingerprint density at radius 3 is 2.39 bits per heavy atom. The maximum Gasteiger partial charge on any atom is 0.249 e. The molecule has 1 atom stereocenters. The van der Waals surface area contributed by atoms with Gasteiger partial charge in [-0.05, 0) is 67.1 Å². The third kappa shape index (κ3) is 5.62. The molecule has 0 bridgehead atoms. The van der Waals surface area contributed by atoms with Gasteiger partial charge >= 0.3 is 0 Å². The van der Waals surface area contributed by atoms with Crippen LogP contribution in [0, 0.1) is 19.8 Å². The quantitative estimate of drug-likeness (QED) is 0.364. The maximum atomic E-state index is 14.0. The van der Waals surface area contributed by atoms with E-state index in [-0.39, 0.29) is 18.4 Å². The number of hydrogen-bond acceptors (Lipinski definition) is 4. The molecule has 2 amide bonds. The number of fused-ring (bicyclic) bond motifs is 1. The van der Waals surface area contributed by atoms with Crippen LogP contribution < -0.4 is 10.2 Å². The van der Waals surface area contributed by atoms with E-state index in [1.807, 2.05) is 86.6 Å². The van der Waals surface area contributed by atoms with Crippen LogP contribution in [0.1, 0.15) is 43.0 Å². The second-order valence-electron chi connectivity index (χ2n) is 9.55. The van der Waals surface area contributed by atoms with E-state index in [9.17, 15) is 9.59 Å². The lowest BCUT2D eigenvalue weighted by Crippen LogP contribution is -2.45. The molecule has 1 aromatic heterocycles. The second-order valence-corrected chi connectivity index (χ2v) is 9.55. The van der Waals surface area contributed by atoms with Gasteiger partial charge in [0.05, 0.1) is 5.52 Å². The van der Waals surface area contributed by atoms with Crippen molar-refractivity contribution in [3.63, 3.8) is 0 Å². The fraction of sp³-hybridized carbons (Fsp3) is 0.310. The van der Waals surface area contributed by atoms with Crippen molar-refractivity contribution < 1.29 is 9.59 Å². The number of nitrogens with one attached hydrogen (secondary N) is 1. The smallest absolute Gasteiger partial charge is 0.249 e. The minimum absolute atomic E-state index is 0.0456. The molecule has 0 radical (unpaired) electrons. The van der Waals surface area contributed by atoms with Crippen LogP contribution in [0.25, 0.3) is 11.0 Å². The van der Waals surface area contributed by atoms with Gasteiger partial charge in [0.25, 0.3) is 0 Å². The van der Waals surface area contributed by atoms with E-state index in [1.165, 1.54) is 0 Å². The Labute approximate surface area is 212 Å². The molecule has 4 rings (SSSR count). The molecule has 0 aliphatic rings. The standard InChI is InChI=1S/C29H33N5O2/c1-20(2)16-17-30-29(36)28(23-10-6-5-7-11-23)34(24-15-14-21(3)22(4)18-24)27(35)19-33-26-13-9-8-12-25(26)31-32-33/h5-15,18,20,28H,16-17,19H2,1-4H3,(H,30,36)/t28-/m0/s1. The van der Waals surface area contributed by atoms with Crippen molar-refractivity contribution in [2.45, 2.75) is 46.7 Å². The van der Waals surface area contributed by atoms with Crippen LogP contribution in [0.4, 0.5) is 5.69 Å². The highest BCUT2D eigenvalue weighted by Crippen LogP contribution is 2.30. The molecule has 1 heterocycles. The van der Waals surface area contributed by atoms with Gasteiger partial charge in [0.15, 0.2) is 0 Å². The van der Waals surface area contributed by atoms with E-state index in [4.69, 9.17) is 0 Å². The zero-order valence-corrected chi connectivity index (χ0v) is 21.3. The predicted octanol–water partition coefficient (Wildman–Crippen LogP) is 4.98. The molecule has 0 fully saturated rings. The molecule has 0 unspecified atom stereocenters. The Hall–Kier alpha value is -4.00. The maximum absolute atomic E-state index is 14.0. The van der Waals surface area contributed by atoms with E-state index in [0.29, 0.717) is 23.7 Å². The largest absolute Gasteiger partial charge is 0.354 e. The van der Waals surface area contributed by atoms with Crippen LogP contribution in [0.2, 0.25) is 0 Å². The highest BCUT2D eigenvalue weighted by Gasteiger charge is 2.33. The summed E-state index contributed by atoms with van der Waals surface area (Å²) in [6.07, 6.45) is 0.857. The van der Waals surface area contributed by atoms with E-state index < -0.39 is 6.04 Å². The second kappa shape index (κ2) is 11.2. The van der Waals surface area contributed by atoms with E-state index in [1.54, 1.807) is 9.58 Å². The third-order valence-corrected chi connectivity index (χ3v) is 6.39. The predicted molar refractivity (Wildman–Crippen MR) is 143 cm³/mol. The SMILES string of the molecule is Cc1ccc(N(C(=O)Cn2nnc3ccccc32)[C@H](C(=O)NCCC(C)C)c2ccccc2)cc1C. The molecular formula is C29H33N5O2. The number of amides is 2. The third-order valence-electron chi connectivity index (χ3n) is 6.39. The number of benzene rings is 3. The van der Waals surface area contributed by atoms with Crippen molar-refractivity contribution in [2.75, 3.05) is 11.4 Å². The monoisotopic (exact) mass is 483 g/mol. The fourth-order valence-corrected chi connectivity index (χ4v) is 4.18. The summed E-state index contributed by atoms with van der Waals surface area (Å²) in [7, 11) is 0. The van der Waals surface area contributed by atoms with Crippen molar-refractivity contribution >= 4 is 28.5 Å². The van der Waals surface area contributed by atoms with Gasteiger partial charge in [-0.1, -0.05) is 67.6 Å². The number of anilines is 1. The van der Waals surface area contributed by atoms with Crippen LogP contribution in [0.5, 0.6) is 0 Å². The number of aryl methyl sites for hydroxylation is 2. The fourth-order valence-electron chi connectivity index (χ4n) is 4.18. The first-order chi connectivity index (χ1) is 17.3. The summed E-state index contributed by atoms with van der Waals surface area (Å²) in [6.45, 7) is 8.77. The number of carbonyl (C=O) groups is 2. The van der Waals surface area contributed by atoms with Gasteiger partial charge in [0, 0.05) is 12.2 Å². The molecular weight excluding hydrogens is 450 g/mol. The Balaban J connectivity index is 1.77. The molecule has 0 aliphatic heterocycles. The van der Waals surface area contributed by atoms with Gasteiger partial charge in [0.2, 0.25) is 11.8 Å². The summed E-state index contributed by atoms with van der Waals surface area (Å²) in [6, 6.07) is 22.0. The average Bonchev–Trinajstić information content (AvgIpc) is 3.27. The molecule has 0 aliphatic carbocycles. The van der Waals surface area contributed by atoms with Gasteiger partial charge in [0.1, 0.15) is 18.1 Å². The molecule has 4 aromatic rings. The topological polar surface area (TPSA) is 80.1 Å². The number of hydrogen-bond donors (Lipinski definition) is 1. The average molecular weight is 484 g/mol.